The molecule has 0 saturated heterocycles. The summed E-state index contributed by atoms with van der Waals surface area (Å²) in [6.45, 7) is 0. The van der Waals surface area contributed by atoms with E-state index in [2.05, 4.69) is 0 Å². The molecule has 6 nitrogen and oxygen atoms in total. The second-order valence-electron chi connectivity index (χ2n) is 1.84. The normalized spacial score (nSPS) is 9.62. The van der Waals surface area contributed by atoms with Gasteiger partial charge in [-0.1, -0.05) is 0 Å². The minimum atomic E-state index is -1.44. The maximum Gasteiger partial charge on any atom is 2.00 e. The van der Waals surface area contributed by atoms with Gasteiger partial charge in [0.05, 0.1) is 5.97 Å². The third-order valence-electron chi connectivity index (χ3n) is 0.962. The smallest absolute Gasteiger partial charge is 0.550 e. The van der Waals surface area contributed by atoms with Gasteiger partial charge in [0.2, 0.25) is 0 Å². The van der Waals surface area contributed by atoms with E-state index in [4.69, 9.17) is 5.73 Å². The number of carboxylic acid groups (broad SMARTS) is 2. The van der Waals surface area contributed by atoms with Crippen LogP contribution in [0.5, 0.6) is 0 Å². The molecule has 0 aliphatic carbocycles. The van der Waals surface area contributed by atoms with Crippen LogP contribution in [0.2, 0.25) is 0 Å². The molecule has 0 aliphatic heterocycles. The number of rotatable bonds is 4. The molecule has 0 radical (unpaired) electrons. The average Bonchev–Trinajstić information content (AvgIpc) is 1.82. The van der Waals surface area contributed by atoms with E-state index in [1.165, 1.54) is 0 Å². The van der Waals surface area contributed by atoms with Crippen LogP contribution in [-0.4, -0.2) is 46.5 Å². The number of carboxylic acids is 2. The molecular formula is C5H10BrMgNO5. The number of hydrogen-bond donors (Lipinski definition) is 1. The summed E-state index contributed by atoms with van der Waals surface area (Å²) >= 11 is 0. The van der Waals surface area contributed by atoms with Gasteiger partial charge < -0.3 is 31.0 Å². The molecule has 0 heterocycles. The van der Waals surface area contributed by atoms with Gasteiger partial charge in [-0.05, 0) is 12.8 Å². The molecule has 4 N–H and O–H groups in total. The molecule has 0 aromatic rings. The van der Waals surface area contributed by atoms with E-state index in [9.17, 15) is 19.8 Å². The molecular weight excluding hydrogens is 258 g/mol. The summed E-state index contributed by atoms with van der Waals surface area (Å²) in [6.07, 6.45) is -0.500. The van der Waals surface area contributed by atoms with Crippen LogP contribution in [-0.2, 0) is 9.59 Å². The maximum absolute atomic E-state index is 9.86. The quantitative estimate of drug-likeness (QED) is 0.517. The number of nitrogens with two attached hydrogens (primary N) is 1. The fourth-order valence-corrected chi connectivity index (χ4v) is 0.391. The zero-order valence-corrected chi connectivity index (χ0v) is 9.94. The molecule has 0 bridgehead atoms. The Balaban J connectivity index is -0.000000135. The first-order valence-electron chi connectivity index (χ1n) is 2.70. The summed E-state index contributed by atoms with van der Waals surface area (Å²) in [5.74, 6) is -2.75. The molecule has 1 atom stereocenters. The number of hydrogen-bond acceptors (Lipinski definition) is 5. The molecule has 0 aromatic carbocycles. The zero-order chi connectivity index (χ0) is 8.15. The van der Waals surface area contributed by atoms with E-state index in [1.54, 1.807) is 0 Å². The van der Waals surface area contributed by atoms with E-state index in [1.807, 2.05) is 0 Å². The van der Waals surface area contributed by atoms with Gasteiger partial charge in [-0.25, -0.2) is 0 Å². The van der Waals surface area contributed by atoms with Crippen molar-refractivity contribution >= 4 is 52.0 Å². The molecule has 1 unspecified atom stereocenters. The maximum atomic E-state index is 9.86. The molecule has 0 amide bonds. The molecule has 8 heteroatoms. The van der Waals surface area contributed by atoms with Crippen LogP contribution in [0.4, 0.5) is 0 Å². The van der Waals surface area contributed by atoms with Gasteiger partial charge >= 0.3 is 23.1 Å². The minimum Gasteiger partial charge on any atom is -0.550 e. The Morgan fingerprint density at radius 3 is 1.92 bits per heavy atom. The first kappa shape index (κ1) is 23.2. The Hall–Kier alpha value is 0.106. The van der Waals surface area contributed by atoms with Crippen molar-refractivity contribution in [3.8, 4) is 0 Å². The summed E-state index contributed by atoms with van der Waals surface area (Å²) in [5.41, 5.74) is 4.91. The zero-order valence-electron chi connectivity index (χ0n) is 6.82. The van der Waals surface area contributed by atoms with Crippen molar-refractivity contribution in [2.45, 2.75) is 18.9 Å². The van der Waals surface area contributed by atoms with E-state index in [0.717, 1.165) is 0 Å². The number of halogens is 1. The second-order valence-corrected chi connectivity index (χ2v) is 1.84. The first-order valence-corrected chi connectivity index (χ1v) is 2.70. The Kier molecular flexibility index (Phi) is 21.6. The van der Waals surface area contributed by atoms with Gasteiger partial charge in [-0.15, -0.1) is 17.0 Å². The monoisotopic (exact) mass is 267 g/mol. The SMILES string of the molecule is Br.NC(CCC(=O)[O-])C(=O)[O-].O.[Mg+2]. The van der Waals surface area contributed by atoms with Crippen LogP contribution in [0.1, 0.15) is 12.8 Å². The van der Waals surface area contributed by atoms with Crippen LogP contribution in [0.15, 0.2) is 0 Å². The van der Waals surface area contributed by atoms with Crippen molar-refractivity contribution in [1.82, 2.24) is 0 Å². The predicted molar refractivity (Wildman–Crippen MR) is 46.9 cm³/mol. The van der Waals surface area contributed by atoms with Crippen LogP contribution < -0.4 is 15.9 Å². The van der Waals surface area contributed by atoms with Gasteiger partial charge in [0.1, 0.15) is 0 Å². The Morgan fingerprint density at radius 2 is 1.69 bits per heavy atom. The van der Waals surface area contributed by atoms with Crippen molar-refractivity contribution in [3.05, 3.63) is 0 Å². The molecule has 0 spiro atoms. The van der Waals surface area contributed by atoms with E-state index in [-0.39, 0.29) is 58.4 Å². The Bertz CT molecular complexity index is 156. The van der Waals surface area contributed by atoms with Gasteiger partial charge in [-0.3, -0.25) is 0 Å². The molecule has 0 rings (SSSR count). The van der Waals surface area contributed by atoms with Gasteiger partial charge in [0.25, 0.3) is 0 Å². The Labute approximate surface area is 102 Å². The van der Waals surface area contributed by atoms with Crippen molar-refractivity contribution in [3.63, 3.8) is 0 Å². The number of carbonyl (C=O) groups is 2. The van der Waals surface area contributed by atoms with Crippen LogP contribution in [0, 0.1) is 0 Å². The average molecular weight is 268 g/mol. The second kappa shape index (κ2) is 12.1. The standard InChI is InChI=1S/C5H9NO4.BrH.Mg.H2O/c6-3(5(9)10)1-2-4(7)8;;;/h3H,1-2,6H2,(H,7,8)(H,9,10);1H;;1H2/q;;+2;/p-2. The molecule has 0 aromatic heterocycles. The summed E-state index contributed by atoms with van der Waals surface area (Å²) in [7, 11) is 0. The van der Waals surface area contributed by atoms with Crippen molar-refractivity contribution < 1.29 is 25.3 Å². The number of carbonyl (C=O) groups excluding carboxylic acids is 2. The van der Waals surface area contributed by atoms with E-state index < -0.39 is 18.0 Å². The summed E-state index contributed by atoms with van der Waals surface area (Å²) in [5, 5.41) is 19.6. The van der Waals surface area contributed by atoms with Crippen molar-refractivity contribution in [2.24, 2.45) is 5.73 Å². The van der Waals surface area contributed by atoms with Crippen LogP contribution in [0.25, 0.3) is 0 Å². The summed E-state index contributed by atoms with van der Waals surface area (Å²) in [6, 6.07) is -1.21. The van der Waals surface area contributed by atoms with Gasteiger partial charge in [-0.2, -0.15) is 0 Å². The minimum absolute atomic E-state index is 0. The fourth-order valence-electron chi connectivity index (χ4n) is 0.391. The summed E-state index contributed by atoms with van der Waals surface area (Å²) in [4.78, 5) is 19.6. The third kappa shape index (κ3) is 14.9. The number of aliphatic carboxylic acids is 2. The van der Waals surface area contributed by atoms with Crippen molar-refractivity contribution in [2.75, 3.05) is 0 Å². The molecule has 0 saturated carbocycles. The van der Waals surface area contributed by atoms with Gasteiger partial charge in [0.15, 0.2) is 0 Å². The predicted octanol–water partition coefficient (Wildman–Crippen LogP) is -4.03. The molecule has 74 valence electrons. The van der Waals surface area contributed by atoms with Crippen molar-refractivity contribution in [1.29, 1.82) is 0 Å². The first-order chi connectivity index (χ1) is 4.54. The summed E-state index contributed by atoms with van der Waals surface area (Å²) < 4.78 is 0. The van der Waals surface area contributed by atoms with Crippen LogP contribution >= 0.6 is 17.0 Å². The van der Waals surface area contributed by atoms with E-state index in [0.29, 0.717) is 0 Å². The topological polar surface area (TPSA) is 138 Å². The Morgan fingerprint density at radius 1 is 1.31 bits per heavy atom. The molecule has 0 fully saturated rings. The molecule has 0 aliphatic rings. The molecule has 13 heavy (non-hydrogen) atoms. The van der Waals surface area contributed by atoms with Gasteiger partial charge in [0, 0.05) is 12.0 Å². The largest absolute Gasteiger partial charge is 2.00 e. The van der Waals surface area contributed by atoms with E-state index >= 15 is 0 Å². The fraction of sp³-hybridized carbons (Fsp3) is 0.600. The van der Waals surface area contributed by atoms with Crippen LogP contribution in [0.3, 0.4) is 0 Å². The third-order valence-corrected chi connectivity index (χ3v) is 0.962.